The zero-order valence-electron chi connectivity index (χ0n) is 14.1. The molecule has 0 radical (unpaired) electrons. The van der Waals surface area contributed by atoms with Gasteiger partial charge in [-0.05, 0) is 24.6 Å². The number of benzene rings is 2. The third-order valence-electron chi connectivity index (χ3n) is 3.77. The average molecular weight is 357 g/mol. The van der Waals surface area contributed by atoms with E-state index in [4.69, 9.17) is 21.1 Å². The van der Waals surface area contributed by atoms with Crippen molar-refractivity contribution in [3.05, 3.63) is 63.7 Å². The average Bonchev–Trinajstić information content (AvgIpc) is 2.60. The number of ether oxygens (including phenoxy) is 2. The molecule has 0 aliphatic rings. The Labute approximate surface area is 149 Å². The predicted octanol–water partition coefficient (Wildman–Crippen LogP) is 3.99. The van der Waals surface area contributed by atoms with Crippen molar-refractivity contribution in [2.24, 2.45) is 0 Å². The maximum atomic E-state index is 12.4. The first-order valence-electron chi connectivity index (χ1n) is 7.62. The number of hydrogen-bond donors (Lipinski definition) is 1. The molecule has 3 rings (SSSR count). The molecule has 3 aromatic rings. The molecule has 0 saturated carbocycles. The molecule has 0 unspecified atom stereocenters. The number of rotatable bonds is 4. The van der Waals surface area contributed by atoms with Gasteiger partial charge in [0, 0.05) is 6.07 Å². The van der Waals surface area contributed by atoms with Gasteiger partial charge >= 0.3 is 0 Å². The number of aryl methyl sites for hydroxylation is 1. The van der Waals surface area contributed by atoms with Gasteiger partial charge in [0.05, 0.1) is 30.2 Å². The SMILES string of the molecule is COc1cc2nc(/C(Cl)=C/c3cccc(C)c3)[nH]c(=O)c2cc1OC. The summed E-state index contributed by atoms with van der Waals surface area (Å²) < 4.78 is 10.5. The lowest BCUT2D eigenvalue weighted by molar-refractivity contribution is 0.355. The molecule has 2 aromatic carbocycles. The topological polar surface area (TPSA) is 64.2 Å². The Balaban J connectivity index is 2.12. The first-order valence-corrected chi connectivity index (χ1v) is 8.00. The van der Waals surface area contributed by atoms with Crippen LogP contribution < -0.4 is 15.0 Å². The molecule has 0 atom stereocenters. The van der Waals surface area contributed by atoms with E-state index in [9.17, 15) is 4.79 Å². The van der Waals surface area contributed by atoms with Gasteiger partial charge < -0.3 is 14.5 Å². The summed E-state index contributed by atoms with van der Waals surface area (Å²) in [4.78, 5) is 19.6. The highest BCUT2D eigenvalue weighted by molar-refractivity contribution is 6.50. The number of aromatic amines is 1. The minimum absolute atomic E-state index is 0.295. The molecule has 1 heterocycles. The number of aromatic nitrogens is 2. The number of H-pyrrole nitrogens is 1. The van der Waals surface area contributed by atoms with E-state index in [2.05, 4.69) is 9.97 Å². The maximum Gasteiger partial charge on any atom is 0.259 e. The lowest BCUT2D eigenvalue weighted by Gasteiger charge is -2.09. The van der Waals surface area contributed by atoms with E-state index < -0.39 is 0 Å². The largest absolute Gasteiger partial charge is 0.493 e. The fraction of sp³-hybridized carbons (Fsp3) is 0.158. The van der Waals surface area contributed by atoms with E-state index in [1.54, 1.807) is 18.2 Å². The quantitative estimate of drug-likeness (QED) is 0.767. The zero-order valence-corrected chi connectivity index (χ0v) is 14.8. The predicted molar refractivity (Wildman–Crippen MR) is 100 cm³/mol. The number of methoxy groups -OCH3 is 2. The van der Waals surface area contributed by atoms with Crippen LogP contribution in [0.3, 0.4) is 0 Å². The summed E-state index contributed by atoms with van der Waals surface area (Å²) in [6, 6.07) is 11.1. The molecule has 1 N–H and O–H groups in total. The van der Waals surface area contributed by atoms with E-state index in [0.717, 1.165) is 11.1 Å². The monoisotopic (exact) mass is 356 g/mol. The molecular formula is C19H17ClN2O3. The number of nitrogens with one attached hydrogen (secondary N) is 1. The van der Waals surface area contributed by atoms with Crippen LogP contribution in [0.15, 0.2) is 41.2 Å². The molecule has 0 fully saturated rings. The van der Waals surface area contributed by atoms with Gasteiger partial charge in [-0.25, -0.2) is 4.98 Å². The third kappa shape index (κ3) is 3.51. The van der Waals surface area contributed by atoms with E-state index in [1.165, 1.54) is 14.2 Å². The van der Waals surface area contributed by atoms with Crippen LogP contribution in [0.4, 0.5) is 0 Å². The minimum Gasteiger partial charge on any atom is -0.493 e. The summed E-state index contributed by atoms with van der Waals surface area (Å²) in [5, 5.41) is 0.751. The lowest BCUT2D eigenvalue weighted by Crippen LogP contribution is -2.11. The minimum atomic E-state index is -0.295. The molecule has 1 aromatic heterocycles. The summed E-state index contributed by atoms with van der Waals surface area (Å²) >= 11 is 6.37. The second-order valence-corrected chi connectivity index (χ2v) is 5.95. The van der Waals surface area contributed by atoms with Gasteiger partial charge in [-0.2, -0.15) is 0 Å². The third-order valence-corrected chi connectivity index (χ3v) is 4.06. The van der Waals surface area contributed by atoms with Crippen molar-refractivity contribution in [2.45, 2.75) is 6.92 Å². The van der Waals surface area contributed by atoms with Crippen LogP contribution in [0.25, 0.3) is 22.0 Å². The van der Waals surface area contributed by atoms with Gasteiger partial charge in [-0.3, -0.25) is 4.79 Å². The van der Waals surface area contributed by atoms with Crippen LogP contribution in [0.2, 0.25) is 0 Å². The van der Waals surface area contributed by atoms with Gasteiger partial charge in [0.25, 0.3) is 5.56 Å². The van der Waals surface area contributed by atoms with Gasteiger partial charge in [-0.1, -0.05) is 41.4 Å². The van der Waals surface area contributed by atoms with Crippen LogP contribution in [0, 0.1) is 6.92 Å². The van der Waals surface area contributed by atoms with Crippen molar-refractivity contribution in [3.8, 4) is 11.5 Å². The number of halogens is 1. The van der Waals surface area contributed by atoms with Gasteiger partial charge in [0.1, 0.15) is 0 Å². The first-order chi connectivity index (χ1) is 12.0. The van der Waals surface area contributed by atoms with Crippen LogP contribution in [0.5, 0.6) is 11.5 Å². The van der Waals surface area contributed by atoms with Crippen LogP contribution >= 0.6 is 11.6 Å². The van der Waals surface area contributed by atoms with E-state index >= 15 is 0 Å². The van der Waals surface area contributed by atoms with Crippen molar-refractivity contribution in [1.29, 1.82) is 0 Å². The van der Waals surface area contributed by atoms with Crippen molar-refractivity contribution < 1.29 is 9.47 Å². The van der Waals surface area contributed by atoms with E-state index in [-0.39, 0.29) is 5.56 Å². The number of hydrogen-bond acceptors (Lipinski definition) is 4. The maximum absolute atomic E-state index is 12.4. The number of fused-ring (bicyclic) bond motifs is 1. The Hall–Kier alpha value is -2.79. The molecule has 0 bridgehead atoms. The Morgan fingerprint density at radius 1 is 1.16 bits per heavy atom. The second kappa shape index (κ2) is 6.99. The summed E-state index contributed by atoms with van der Waals surface area (Å²) in [5.41, 5.74) is 2.24. The standard InChI is InChI=1S/C19H17ClN2O3/c1-11-5-4-6-12(7-11)8-14(20)18-21-15-10-17(25-3)16(24-2)9-13(15)19(23)22-18/h4-10H,1-3H3,(H,21,22,23)/b14-8-. The Kier molecular flexibility index (Phi) is 4.76. The molecular weight excluding hydrogens is 340 g/mol. The Morgan fingerprint density at radius 3 is 2.56 bits per heavy atom. The van der Waals surface area contributed by atoms with Crippen molar-refractivity contribution in [3.63, 3.8) is 0 Å². The molecule has 128 valence electrons. The molecule has 0 saturated heterocycles. The van der Waals surface area contributed by atoms with Crippen molar-refractivity contribution >= 4 is 33.6 Å². The highest BCUT2D eigenvalue weighted by atomic mass is 35.5. The van der Waals surface area contributed by atoms with Gasteiger partial charge in [-0.15, -0.1) is 0 Å². The summed E-state index contributed by atoms with van der Waals surface area (Å²) in [6.45, 7) is 2.00. The fourth-order valence-electron chi connectivity index (χ4n) is 2.55. The first kappa shape index (κ1) is 17.0. The molecule has 0 aliphatic heterocycles. The Morgan fingerprint density at radius 2 is 1.88 bits per heavy atom. The van der Waals surface area contributed by atoms with Crippen LogP contribution in [-0.2, 0) is 0 Å². The molecule has 25 heavy (non-hydrogen) atoms. The Bertz CT molecular complexity index is 1020. The fourth-order valence-corrected chi connectivity index (χ4v) is 2.77. The molecule has 5 nitrogen and oxygen atoms in total. The lowest BCUT2D eigenvalue weighted by atomic mass is 10.1. The second-order valence-electron chi connectivity index (χ2n) is 5.55. The van der Waals surface area contributed by atoms with Crippen molar-refractivity contribution in [2.75, 3.05) is 14.2 Å². The van der Waals surface area contributed by atoms with Crippen LogP contribution in [-0.4, -0.2) is 24.2 Å². The highest BCUT2D eigenvalue weighted by Gasteiger charge is 2.12. The zero-order chi connectivity index (χ0) is 18.0. The van der Waals surface area contributed by atoms with Crippen LogP contribution in [0.1, 0.15) is 17.0 Å². The van der Waals surface area contributed by atoms with Crippen molar-refractivity contribution in [1.82, 2.24) is 9.97 Å². The highest BCUT2D eigenvalue weighted by Crippen LogP contribution is 2.30. The molecule has 0 spiro atoms. The smallest absolute Gasteiger partial charge is 0.259 e. The van der Waals surface area contributed by atoms with Gasteiger partial charge in [0.2, 0.25) is 0 Å². The van der Waals surface area contributed by atoms with E-state index in [1.807, 2.05) is 31.2 Å². The normalized spacial score (nSPS) is 11.6. The van der Waals surface area contributed by atoms with E-state index in [0.29, 0.717) is 33.3 Å². The van der Waals surface area contributed by atoms with Gasteiger partial charge in [0.15, 0.2) is 17.3 Å². The summed E-state index contributed by atoms with van der Waals surface area (Å²) in [5.74, 6) is 1.27. The molecule has 0 aliphatic carbocycles. The molecule has 0 amide bonds. The number of nitrogens with zero attached hydrogens (tertiary/aromatic N) is 1. The summed E-state index contributed by atoms with van der Waals surface area (Å²) in [7, 11) is 3.05. The summed E-state index contributed by atoms with van der Waals surface area (Å²) in [6.07, 6.45) is 1.76. The molecule has 6 heteroatoms.